The Morgan fingerprint density at radius 1 is 0.842 bits per heavy atom. The fraction of sp³-hybridized carbons (Fsp3) is 0.368. The van der Waals surface area contributed by atoms with E-state index in [9.17, 15) is 0 Å². The van der Waals surface area contributed by atoms with Crippen LogP contribution in [-0.4, -0.2) is 0 Å². The van der Waals surface area contributed by atoms with Crippen LogP contribution in [-0.2, 0) is 0 Å². The van der Waals surface area contributed by atoms with E-state index in [1.807, 2.05) is 0 Å². The first-order valence-electron chi connectivity index (χ1n) is 7.05. The molecule has 0 aromatic heterocycles. The van der Waals surface area contributed by atoms with Crippen molar-refractivity contribution in [2.45, 2.75) is 41.5 Å². The van der Waals surface area contributed by atoms with Crippen LogP contribution in [0.3, 0.4) is 0 Å². The van der Waals surface area contributed by atoms with Crippen LogP contribution in [0, 0.1) is 26.7 Å². The van der Waals surface area contributed by atoms with Gasteiger partial charge in [0, 0.05) is 0 Å². The van der Waals surface area contributed by atoms with Gasteiger partial charge in [0.2, 0.25) is 0 Å². The molecule has 1 aliphatic carbocycles. The molecular formula is C19H24. The van der Waals surface area contributed by atoms with Gasteiger partial charge in [-0.25, -0.2) is 0 Å². The smallest absolute Gasteiger partial charge is 0.00454 e. The van der Waals surface area contributed by atoms with Gasteiger partial charge in [0.25, 0.3) is 0 Å². The highest BCUT2D eigenvalue weighted by Crippen LogP contribution is 2.29. The normalized spacial score (nSPS) is 19.5. The summed E-state index contributed by atoms with van der Waals surface area (Å²) in [4.78, 5) is 0. The Balaban J connectivity index is 2.55. The Bertz CT molecular complexity index is 571. The molecule has 0 aliphatic heterocycles. The van der Waals surface area contributed by atoms with Crippen LogP contribution < -0.4 is 0 Å². The lowest BCUT2D eigenvalue weighted by atomic mass is 9.94. The summed E-state index contributed by atoms with van der Waals surface area (Å²) in [6.45, 7) is 13.3. The summed E-state index contributed by atoms with van der Waals surface area (Å²) >= 11 is 0. The Morgan fingerprint density at radius 3 is 2.00 bits per heavy atom. The van der Waals surface area contributed by atoms with Crippen molar-refractivity contribution in [3.63, 3.8) is 0 Å². The molecular weight excluding hydrogens is 228 g/mol. The van der Waals surface area contributed by atoms with Crippen molar-refractivity contribution in [1.82, 2.24) is 0 Å². The van der Waals surface area contributed by atoms with Crippen LogP contribution in [0.4, 0.5) is 0 Å². The number of hydrogen-bond acceptors (Lipinski definition) is 0. The van der Waals surface area contributed by atoms with Gasteiger partial charge in [-0.15, -0.1) is 0 Å². The van der Waals surface area contributed by atoms with E-state index >= 15 is 0 Å². The Hall–Kier alpha value is -1.56. The summed E-state index contributed by atoms with van der Waals surface area (Å²) in [5.74, 6) is 0.529. The highest BCUT2D eigenvalue weighted by molar-refractivity contribution is 5.78. The quantitative estimate of drug-likeness (QED) is 0.615. The number of aryl methyl sites for hydroxylation is 2. The molecule has 19 heavy (non-hydrogen) atoms. The highest BCUT2D eigenvalue weighted by atomic mass is 14.1. The summed E-state index contributed by atoms with van der Waals surface area (Å²) in [5.41, 5.74) is 9.61. The van der Waals surface area contributed by atoms with Crippen LogP contribution in [0.1, 0.15) is 43.0 Å². The maximum Gasteiger partial charge on any atom is -0.00454 e. The summed E-state index contributed by atoms with van der Waals surface area (Å²) in [6, 6.07) is 4.61. The summed E-state index contributed by atoms with van der Waals surface area (Å²) < 4.78 is 0. The van der Waals surface area contributed by atoms with Crippen molar-refractivity contribution in [2.24, 2.45) is 5.92 Å². The largest absolute Gasteiger partial charge is 0.0747 e. The summed E-state index contributed by atoms with van der Waals surface area (Å²) in [6.07, 6.45) is 6.98. The molecule has 1 unspecified atom stereocenters. The van der Waals surface area contributed by atoms with Gasteiger partial charge in [0.05, 0.1) is 0 Å². The Morgan fingerprint density at radius 2 is 1.42 bits per heavy atom. The first-order valence-corrected chi connectivity index (χ1v) is 7.05. The van der Waals surface area contributed by atoms with Crippen molar-refractivity contribution < 1.29 is 0 Å². The minimum absolute atomic E-state index is 0.529. The predicted octanol–water partition coefficient (Wildman–Crippen LogP) is 5.54. The maximum absolute atomic E-state index is 2.34. The molecule has 2 rings (SSSR count). The topological polar surface area (TPSA) is 0 Å². The number of rotatable bonds is 1. The third-order valence-corrected chi connectivity index (χ3v) is 4.26. The molecule has 0 amide bonds. The zero-order valence-electron chi connectivity index (χ0n) is 13.0. The average molecular weight is 252 g/mol. The molecule has 0 N–H and O–H groups in total. The molecule has 0 spiro atoms. The van der Waals surface area contributed by atoms with Gasteiger partial charge in [0.1, 0.15) is 0 Å². The molecule has 0 heteroatoms. The van der Waals surface area contributed by atoms with E-state index in [-0.39, 0.29) is 0 Å². The molecule has 1 aliphatic rings. The van der Waals surface area contributed by atoms with E-state index in [4.69, 9.17) is 0 Å². The van der Waals surface area contributed by atoms with Gasteiger partial charge < -0.3 is 0 Å². The van der Waals surface area contributed by atoms with E-state index in [0.717, 1.165) is 0 Å². The molecule has 0 saturated heterocycles. The predicted molar refractivity (Wildman–Crippen MR) is 85.3 cm³/mol. The molecule has 0 radical (unpaired) electrons. The summed E-state index contributed by atoms with van der Waals surface area (Å²) in [7, 11) is 0. The lowest BCUT2D eigenvalue weighted by Crippen LogP contribution is -1.93. The monoisotopic (exact) mass is 252 g/mol. The molecule has 100 valence electrons. The zero-order valence-corrected chi connectivity index (χ0v) is 13.0. The lowest BCUT2D eigenvalue weighted by molar-refractivity contribution is 0.859. The van der Waals surface area contributed by atoms with Crippen molar-refractivity contribution in [2.75, 3.05) is 0 Å². The molecule has 0 fully saturated rings. The maximum atomic E-state index is 2.34. The first kappa shape index (κ1) is 13.9. The number of hydrogen-bond donors (Lipinski definition) is 0. The van der Waals surface area contributed by atoms with Gasteiger partial charge in [-0.1, -0.05) is 48.4 Å². The second-order valence-electron chi connectivity index (χ2n) is 5.92. The fourth-order valence-electron chi connectivity index (χ4n) is 2.61. The highest BCUT2D eigenvalue weighted by Gasteiger charge is 2.10. The lowest BCUT2D eigenvalue weighted by Gasteiger charge is -2.11. The SMILES string of the molecule is CC1=CC(C)C(C)=CC(c2cc(C)c(C)c(C)c2)=C1. The van der Waals surface area contributed by atoms with Gasteiger partial charge in [-0.05, 0) is 68.4 Å². The summed E-state index contributed by atoms with van der Waals surface area (Å²) in [5, 5.41) is 0. The number of benzene rings is 1. The van der Waals surface area contributed by atoms with E-state index < -0.39 is 0 Å². The second-order valence-corrected chi connectivity index (χ2v) is 5.92. The van der Waals surface area contributed by atoms with Crippen LogP contribution in [0.15, 0.2) is 41.5 Å². The van der Waals surface area contributed by atoms with Gasteiger partial charge in [-0.3, -0.25) is 0 Å². The van der Waals surface area contributed by atoms with E-state index in [1.54, 1.807) is 0 Å². The minimum Gasteiger partial charge on any atom is -0.0747 e. The molecule has 0 heterocycles. The van der Waals surface area contributed by atoms with Crippen LogP contribution in [0.5, 0.6) is 0 Å². The number of allylic oxidation sites excluding steroid dienone is 6. The molecule has 1 aromatic rings. The second kappa shape index (κ2) is 5.21. The van der Waals surface area contributed by atoms with Gasteiger partial charge in [0.15, 0.2) is 0 Å². The molecule has 1 atom stereocenters. The van der Waals surface area contributed by atoms with Crippen molar-refractivity contribution in [1.29, 1.82) is 0 Å². The Labute approximate surface area is 117 Å². The van der Waals surface area contributed by atoms with E-state index in [2.05, 4.69) is 71.9 Å². The molecule has 0 saturated carbocycles. The van der Waals surface area contributed by atoms with Crippen LogP contribution in [0.2, 0.25) is 0 Å². The van der Waals surface area contributed by atoms with Crippen LogP contribution in [0.25, 0.3) is 5.57 Å². The van der Waals surface area contributed by atoms with E-state index in [1.165, 1.54) is 39.0 Å². The zero-order chi connectivity index (χ0) is 14.2. The molecule has 1 aromatic carbocycles. The Kier molecular flexibility index (Phi) is 3.80. The molecule has 0 bridgehead atoms. The minimum atomic E-state index is 0.529. The first-order chi connectivity index (χ1) is 8.88. The third-order valence-electron chi connectivity index (χ3n) is 4.26. The fourth-order valence-corrected chi connectivity index (χ4v) is 2.61. The average Bonchev–Trinajstić information content (AvgIpc) is 2.45. The van der Waals surface area contributed by atoms with Crippen molar-refractivity contribution >= 4 is 5.57 Å². The van der Waals surface area contributed by atoms with E-state index in [0.29, 0.717) is 5.92 Å². The third kappa shape index (κ3) is 2.89. The van der Waals surface area contributed by atoms with Crippen molar-refractivity contribution in [3.05, 3.63) is 63.8 Å². The molecule has 0 nitrogen and oxygen atoms in total. The van der Waals surface area contributed by atoms with Crippen LogP contribution >= 0.6 is 0 Å². The van der Waals surface area contributed by atoms with Gasteiger partial charge >= 0.3 is 0 Å². The standard InChI is InChI=1S/C19H24/c1-12-7-13(2)14(3)9-18(8-12)19-10-15(4)17(6)16(5)11-19/h7-11,13H,1-6H3. The van der Waals surface area contributed by atoms with Crippen molar-refractivity contribution in [3.8, 4) is 0 Å². The van der Waals surface area contributed by atoms with Gasteiger partial charge in [-0.2, -0.15) is 0 Å².